The Kier molecular flexibility index (Phi) is 7.32. The number of esters is 1. The molecule has 0 bridgehead atoms. The van der Waals surface area contributed by atoms with E-state index < -0.39 is 5.97 Å². The number of aliphatic imine (C=N–C) groups is 1. The number of methoxy groups -OCH3 is 1. The van der Waals surface area contributed by atoms with Crippen LogP contribution >= 0.6 is 0 Å². The number of benzene rings is 2. The molecule has 3 rings (SSSR count). The summed E-state index contributed by atoms with van der Waals surface area (Å²) in [5, 5.41) is 1.02. The first-order chi connectivity index (χ1) is 14.9. The van der Waals surface area contributed by atoms with E-state index in [1.54, 1.807) is 20.1 Å². The number of rotatable bonds is 7. The molecule has 0 radical (unpaired) electrons. The third-order valence-corrected chi connectivity index (χ3v) is 4.88. The zero-order valence-corrected chi connectivity index (χ0v) is 18.7. The molecule has 0 atom stereocenters. The van der Waals surface area contributed by atoms with E-state index in [-0.39, 0.29) is 0 Å². The fourth-order valence-electron chi connectivity index (χ4n) is 3.62. The van der Waals surface area contributed by atoms with Crippen molar-refractivity contribution >= 4 is 28.3 Å². The maximum Gasteiger partial charge on any atom is 0.330 e. The first-order valence-corrected chi connectivity index (χ1v) is 10.3. The van der Waals surface area contributed by atoms with Crippen molar-refractivity contribution in [3.05, 3.63) is 82.6 Å². The number of hydrogen-bond donors (Lipinski definition) is 0. The third-order valence-electron chi connectivity index (χ3n) is 4.88. The minimum Gasteiger partial charge on any atom is -0.463 e. The summed E-state index contributed by atoms with van der Waals surface area (Å²) in [5.41, 5.74) is 7.19. The molecule has 0 aliphatic heterocycles. The lowest BCUT2D eigenvalue weighted by molar-refractivity contribution is -0.137. The molecule has 160 valence electrons. The molecule has 1 aromatic heterocycles. The number of fused-ring (bicyclic) bond motifs is 1. The van der Waals surface area contributed by atoms with E-state index in [2.05, 4.69) is 25.1 Å². The van der Waals surface area contributed by atoms with Crippen molar-refractivity contribution in [1.82, 2.24) is 4.98 Å². The minimum absolute atomic E-state index is 0.314. The van der Waals surface area contributed by atoms with Crippen LogP contribution in [0.5, 0.6) is 0 Å². The Morgan fingerprint density at radius 2 is 1.77 bits per heavy atom. The van der Waals surface area contributed by atoms with Gasteiger partial charge in [0.1, 0.15) is 0 Å². The van der Waals surface area contributed by atoms with Gasteiger partial charge in [0.2, 0.25) is 0 Å². The minimum atomic E-state index is -0.415. The lowest BCUT2D eigenvalue weighted by atomic mass is 10.0. The molecule has 0 spiro atoms. The number of para-hydroxylation sites is 1. The Labute approximate surface area is 183 Å². The van der Waals surface area contributed by atoms with Gasteiger partial charge in [0.05, 0.1) is 35.8 Å². The number of aryl methyl sites for hydroxylation is 3. The Balaban J connectivity index is 2.24. The Hall–Kier alpha value is -3.31. The van der Waals surface area contributed by atoms with Crippen LogP contribution in [0.15, 0.2) is 59.6 Å². The van der Waals surface area contributed by atoms with E-state index in [9.17, 15) is 4.79 Å². The summed E-state index contributed by atoms with van der Waals surface area (Å²) in [5.74, 6) is -0.415. The average molecular weight is 417 g/mol. The summed E-state index contributed by atoms with van der Waals surface area (Å²) < 4.78 is 10.5. The molecule has 0 unspecified atom stereocenters. The van der Waals surface area contributed by atoms with E-state index in [1.165, 1.54) is 11.6 Å². The molecule has 3 aromatic rings. The van der Waals surface area contributed by atoms with Crippen molar-refractivity contribution in [2.45, 2.75) is 34.3 Å². The van der Waals surface area contributed by atoms with E-state index >= 15 is 0 Å². The van der Waals surface area contributed by atoms with Crippen molar-refractivity contribution in [2.24, 2.45) is 4.99 Å². The van der Waals surface area contributed by atoms with Crippen molar-refractivity contribution < 1.29 is 14.3 Å². The topological polar surface area (TPSA) is 60.8 Å². The number of hydrogen-bond acceptors (Lipinski definition) is 5. The molecule has 0 fully saturated rings. The van der Waals surface area contributed by atoms with Crippen LogP contribution in [-0.2, 0) is 20.9 Å². The van der Waals surface area contributed by atoms with Crippen LogP contribution in [-0.4, -0.2) is 30.4 Å². The van der Waals surface area contributed by atoms with Crippen LogP contribution in [0.3, 0.4) is 0 Å². The normalized spacial score (nSPS) is 12.0. The van der Waals surface area contributed by atoms with Crippen molar-refractivity contribution in [2.75, 3.05) is 13.7 Å². The Morgan fingerprint density at radius 3 is 2.45 bits per heavy atom. The third kappa shape index (κ3) is 5.44. The van der Waals surface area contributed by atoms with Crippen LogP contribution < -0.4 is 0 Å². The van der Waals surface area contributed by atoms with Gasteiger partial charge >= 0.3 is 5.97 Å². The van der Waals surface area contributed by atoms with E-state index in [1.807, 2.05) is 38.1 Å². The second kappa shape index (κ2) is 10.1. The van der Waals surface area contributed by atoms with Gasteiger partial charge in [-0.25, -0.2) is 14.8 Å². The van der Waals surface area contributed by atoms with Gasteiger partial charge in [0.25, 0.3) is 0 Å². The number of pyridine rings is 1. The summed E-state index contributed by atoms with van der Waals surface area (Å²) in [6.07, 6.45) is 3.07. The van der Waals surface area contributed by atoms with Crippen LogP contribution in [0.4, 0.5) is 5.69 Å². The predicted molar refractivity (Wildman–Crippen MR) is 125 cm³/mol. The molecule has 0 N–H and O–H groups in total. The van der Waals surface area contributed by atoms with Crippen molar-refractivity contribution in [3.8, 4) is 0 Å². The zero-order valence-electron chi connectivity index (χ0n) is 18.7. The number of allylic oxidation sites excluding steroid dienone is 1. The monoisotopic (exact) mass is 416 g/mol. The molecule has 0 aliphatic rings. The SMILES string of the molecule is CCOC(=O)/C=C/C(=Nc1c(C)cc(C)cc1C)c1nc2ccccc2cc1COC. The van der Waals surface area contributed by atoms with Gasteiger partial charge < -0.3 is 9.47 Å². The molecule has 1 heterocycles. The standard InChI is InChI=1S/C26H28N2O3/c1-6-31-24(29)12-11-23(28-25-18(3)13-17(2)14-19(25)4)26-21(16-30-5)15-20-9-7-8-10-22(20)27-26/h7-15H,6,16H2,1-5H3/b12-11+,28-23?. The molecule has 0 amide bonds. The molecule has 0 aliphatic carbocycles. The highest BCUT2D eigenvalue weighted by atomic mass is 16.5. The van der Waals surface area contributed by atoms with Gasteiger partial charge in [-0.2, -0.15) is 0 Å². The van der Waals surface area contributed by atoms with Gasteiger partial charge in [0.15, 0.2) is 0 Å². The zero-order chi connectivity index (χ0) is 22.4. The van der Waals surface area contributed by atoms with Crippen LogP contribution in [0, 0.1) is 20.8 Å². The number of aromatic nitrogens is 1. The van der Waals surface area contributed by atoms with Gasteiger partial charge in [-0.05, 0) is 57.0 Å². The van der Waals surface area contributed by atoms with E-state index in [0.717, 1.165) is 33.3 Å². The molecule has 0 saturated heterocycles. The Morgan fingerprint density at radius 1 is 1.06 bits per heavy atom. The number of carbonyl (C=O) groups is 1. The predicted octanol–water partition coefficient (Wildman–Crippen LogP) is 5.55. The first-order valence-electron chi connectivity index (χ1n) is 10.3. The lowest BCUT2D eigenvalue weighted by Gasteiger charge is -2.13. The maximum absolute atomic E-state index is 12.0. The molecule has 0 saturated carbocycles. The fraction of sp³-hybridized carbons (Fsp3) is 0.269. The Bertz CT molecular complexity index is 1140. The summed E-state index contributed by atoms with van der Waals surface area (Å²) in [6.45, 7) is 8.61. The summed E-state index contributed by atoms with van der Waals surface area (Å²) in [4.78, 5) is 21.9. The summed E-state index contributed by atoms with van der Waals surface area (Å²) in [7, 11) is 1.65. The molecule has 2 aromatic carbocycles. The highest BCUT2D eigenvalue weighted by Gasteiger charge is 2.14. The van der Waals surface area contributed by atoms with E-state index in [0.29, 0.717) is 24.6 Å². The molecular weight excluding hydrogens is 388 g/mol. The fourth-order valence-corrected chi connectivity index (χ4v) is 3.62. The smallest absolute Gasteiger partial charge is 0.330 e. The average Bonchev–Trinajstić information content (AvgIpc) is 2.73. The van der Waals surface area contributed by atoms with Crippen molar-refractivity contribution in [1.29, 1.82) is 0 Å². The van der Waals surface area contributed by atoms with Gasteiger partial charge in [-0.3, -0.25) is 0 Å². The maximum atomic E-state index is 12.0. The summed E-state index contributed by atoms with van der Waals surface area (Å²) in [6, 6.07) is 14.2. The number of carbonyl (C=O) groups excluding carboxylic acids is 1. The second-order valence-corrected chi connectivity index (χ2v) is 7.45. The largest absolute Gasteiger partial charge is 0.463 e. The molecule has 5 heteroatoms. The molecule has 5 nitrogen and oxygen atoms in total. The van der Waals surface area contributed by atoms with Crippen LogP contribution in [0.25, 0.3) is 10.9 Å². The lowest BCUT2D eigenvalue weighted by Crippen LogP contribution is -2.09. The quantitative estimate of drug-likeness (QED) is 0.288. The van der Waals surface area contributed by atoms with Crippen LogP contribution in [0.1, 0.15) is 34.9 Å². The van der Waals surface area contributed by atoms with Gasteiger partial charge in [-0.15, -0.1) is 0 Å². The van der Waals surface area contributed by atoms with E-state index in [4.69, 9.17) is 19.5 Å². The first kappa shape index (κ1) is 22.4. The highest BCUT2D eigenvalue weighted by molar-refractivity contribution is 6.12. The molecule has 31 heavy (non-hydrogen) atoms. The second-order valence-electron chi connectivity index (χ2n) is 7.45. The highest BCUT2D eigenvalue weighted by Crippen LogP contribution is 2.27. The number of ether oxygens (including phenoxy) is 2. The molecular formula is C26H28N2O3. The van der Waals surface area contributed by atoms with Gasteiger partial charge in [0, 0.05) is 24.1 Å². The summed E-state index contributed by atoms with van der Waals surface area (Å²) >= 11 is 0. The number of nitrogens with zero attached hydrogens (tertiary/aromatic N) is 2. The van der Waals surface area contributed by atoms with Crippen molar-refractivity contribution in [3.63, 3.8) is 0 Å². The van der Waals surface area contributed by atoms with Gasteiger partial charge in [-0.1, -0.05) is 35.9 Å². The van der Waals surface area contributed by atoms with Crippen LogP contribution in [0.2, 0.25) is 0 Å².